The van der Waals surface area contributed by atoms with Gasteiger partial charge in [-0.2, -0.15) is 18.3 Å². The van der Waals surface area contributed by atoms with Gasteiger partial charge in [-0.25, -0.2) is 0 Å². The van der Waals surface area contributed by atoms with E-state index >= 15 is 0 Å². The number of rotatable bonds is 3. The minimum atomic E-state index is -4.36. The minimum absolute atomic E-state index is 0.140. The fourth-order valence-electron chi connectivity index (χ4n) is 1.83. The molecule has 0 fully saturated rings. The van der Waals surface area contributed by atoms with E-state index in [0.717, 1.165) is 17.7 Å². The first-order valence-electron chi connectivity index (χ1n) is 5.88. The van der Waals surface area contributed by atoms with Gasteiger partial charge >= 0.3 is 6.18 Å². The topological polar surface area (TPSA) is 29.9 Å². The predicted molar refractivity (Wildman–Crippen MR) is 74.4 cm³/mol. The fraction of sp³-hybridized carbons (Fsp3) is 0.308. The van der Waals surface area contributed by atoms with Gasteiger partial charge in [0, 0.05) is 29.0 Å². The average Bonchev–Trinajstić information content (AvgIpc) is 2.74. The lowest BCUT2D eigenvalue weighted by atomic mass is 10.1. The summed E-state index contributed by atoms with van der Waals surface area (Å²) in [5.41, 5.74) is 0.622. The lowest BCUT2D eigenvalue weighted by Gasteiger charge is -2.16. The maximum atomic E-state index is 12.7. The molecule has 1 N–H and O–H groups in total. The van der Waals surface area contributed by atoms with Crippen LogP contribution in [0.3, 0.4) is 0 Å². The Morgan fingerprint density at radius 3 is 2.55 bits per heavy atom. The van der Waals surface area contributed by atoms with E-state index < -0.39 is 11.7 Å². The van der Waals surface area contributed by atoms with Crippen LogP contribution < -0.4 is 5.32 Å². The van der Waals surface area contributed by atoms with E-state index in [4.69, 9.17) is 0 Å². The van der Waals surface area contributed by atoms with Gasteiger partial charge in [0.25, 0.3) is 0 Å². The maximum Gasteiger partial charge on any atom is 0.416 e. The van der Waals surface area contributed by atoms with Gasteiger partial charge in [0.05, 0.1) is 17.8 Å². The number of halogens is 4. The molecular formula is C13H13BrF3N3. The monoisotopic (exact) mass is 347 g/mol. The van der Waals surface area contributed by atoms with E-state index in [1.54, 1.807) is 24.0 Å². The van der Waals surface area contributed by atoms with Crippen molar-refractivity contribution in [3.63, 3.8) is 0 Å². The van der Waals surface area contributed by atoms with Crippen molar-refractivity contribution < 1.29 is 13.2 Å². The molecule has 1 aromatic carbocycles. The first kappa shape index (κ1) is 14.9. The van der Waals surface area contributed by atoms with Crippen LogP contribution >= 0.6 is 15.9 Å². The molecule has 0 aliphatic carbocycles. The summed E-state index contributed by atoms with van der Waals surface area (Å²) in [6, 6.07) is 3.62. The van der Waals surface area contributed by atoms with Crippen molar-refractivity contribution in [2.75, 3.05) is 5.32 Å². The summed E-state index contributed by atoms with van der Waals surface area (Å²) < 4.78 is 40.3. The number of benzene rings is 1. The van der Waals surface area contributed by atoms with E-state index in [0.29, 0.717) is 10.2 Å². The van der Waals surface area contributed by atoms with Crippen LogP contribution in [-0.4, -0.2) is 9.78 Å². The molecule has 0 aliphatic heterocycles. The van der Waals surface area contributed by atoms with Gasteiger partial charge in [0.15, 0.2) is 0 Å². The Hall–Kier alpha value is -1.50. The molecule has 0 amide bonds. The molecule has 0 radical (unpaired) electrons. The molecule has 3 nitrogen and oxygen atoms in total. The molecule has 0 spiro atoms. The summed E-state index contributed by atoms with van der Waals surface area (Å²) in [6.45, 7) is 1.87. The highest BCUT2D eigenvalue weighted by Gasteiger charge is 2.31. The Bertz CT molecular complexity index is 607. The lowest BCUT2D eigenvalue weighted by Crippen LogP contribution is -2.09. The van der Waals surface area contributed by atoms with E-state index in [1.807, 2.05) is 13.1 Å². The van der Waals surface area contributed by atoms with Gasteiger partial charge in [-0.3, -0.25) is 4.68 Å². The van der Waals surface area contributed by atoms with Crippen LogP contribution in [0.2, 0.25) is 0 Å². The summed E-state index contributed by atoms with van der Waals surface area (Å²) in [7, 11) is 1.79. The third-order valence-corrected chi connectivity index (χ3v) is 3.29. The van der Waals surface area contributed by atoms with Gasteiger partial charge in [0.1, 0.15) is 0 Å². The van der Waals surface area contributed by atoms with Crippen molar-refractivity contribution in [1.29, 1.82) is 0 Å². The smallest absolute Gasteiger partial charge is 0.378 e. The minimum Gasteiger partial charge on any atom is -0.378 e. The summed E-state index contributed by atoms with van der Waals surface area (Å²) in [5.74, 6) is 0. The summed E-state index contributed by atoms with van der Waals surface area (Å²) >= 11 is 3.10. The van der Waals surface area contributed by atoms with Crippen LogP contribution in [-0.2, 0) is 13.2 Å². The van der Waals surface area contributed by atoms with Crippen LogP contribution in [0.4, 0.5) is 18.9 Å². The largest absolute Gasteiger partial charge is 0.416 e. The SMILES string of the molecule is CC(Nc1cc(Br)cc(C(F)(F)F)c1)c1cnn(C)c1. The number of nitrogens with zero attached hydrogens (tertiary/aromatic N) is 2. The number of aromatic nitrogens is 2. The van der Waals surface area contributed by atoms with Crippen LogP contribution in [0.25, 0.3) is 0 Å². The second kappa shape index (κ2) is 5.47. The molecule has 1 atom stereocenters. The molecule has 1 unspecified atom stereocenters. The highest BCUT2D eigenvalue weighted by Crippen LogP contribution is 2.34. The quantitative estimate of drug-likeness (QED) is 0.893. The van der Waals surface area contributed by atoms with E-state index in [2.05, 4.69) is 26.3 Å². The lowest BCUT2D eigenvalue weighted by molar-refractivity contribution is -0.137. The molecule has 0 bridgehead atoms. The molecule has 2 rings (SSSR count). The standard InChI is InChI=1S/C13H13BrF3N3/c1-8(9-6-18-20(2)7-9)19-12-4-10(13(15,16)17)3-11(14)5-12/h3-8,19H,1-2H3. The Morgan fingerprint density at radius 1 is 1.30 bits per heavy atom. The maximum absolute atomic E-state index is 12.7. The fourth-order valence-corrected chi connectivity index (χ4v) is 2.33. The number of nitrogens with one attached hydrogen (secondary N) is 1. The highest BCUT2D eigenvalue weighted by molar-refractivity contribution is 9.10. The Labute approximate surface area is 122 Å². The Kier molecular flexibility index (Phi) is 4.08. The van der Waals surface area contributed by atoms with Crippen molar-refractivity contribution in [1.82, 2.24) is 9.78 Å². The van der Waals surface area contributed by atoms with E-state index in [9.17, 15) is 13.2 Å². The molecule has 1 heterocycles. The van der Waals surface area contributed by atoms with Crippen molar-refractivity contribution in [2.45, 2.75) is 19.1 Å². The molecular weight excluding hydrogens is 335 g/mol. The van der Waals surface area contributed by atoms with Gasteiger partial charge in [-0.15, -0.1) is 0 Å². The Morgan fingerprint density at radius 2 is 2.00 bits per heavy atom. The zero-order chi connectivity index (χ0) is 14.9. The predicted octanol–water partition coefficient (Wildman–Crippen LogP) is 4.37. The van der Waals surface area contributed by atoms with Crippen molar-refractivity contribution in [2.24, 2.45) is 7.05 Å². The number of alkyl halides is 3. The first-order chi connectivity index (χ1) is 9.25. The van der Waals surface area contributed by atoms with Crippen LogP contribution in [0.15, 0.2) is 35.1 Å². The summed E-state index contributed by atoms with van der Waals surface area (Å²) in [5, 5.41) is 7.08. The van der Waals surface area contributed by atoms with E-state index in [1.165, 1.54) is 0 Å². The van der Waals surface area contributed by atoms with Gasteiger partial charge in [-0.1, -0.05) is 15.9 Å². The molecule has 2 aromatic rings. The highest BCUT2D eigenvalue weighted by atomic mass is 79.9. The third kappa shape index (κ3) is 3.53. The molecule has 7 heteroatoms. The Balaban J connectivity index is 2.23. The zero-order valence-electron chi connectivity index (χ0n) is 10.9. The molecule has 108 valence electrons. The first-order valence-corrected chi connectivity index (χ1v) is 6.68. The average molecular weight is 348 g/mol. The van der Waals surface area contributed by atoms with Crippen LogP contribution in [0, 0.1) is 0 Å². The van der Waals surface area contributed by atoms with Gasteiger partial charge < -0.3 is 5.32 Å². The van der Waals surface area contributed by atoms with Crippen LogP contribution in [0.5, 0.6) is 0 Å². The number of hydrogen-bond donors (Lipinski definition) is 1. The van der Waals surface area contributed by atoms with Crippen molar-refractivity contribution >= 4 is 21.6 Å². The number of aryl methyl sites for hydroxylation is 1. The van der Waals surface area contributed by atoms with Gasteiger partial charge in [0.2, 0.25) is 0 Å². The number of hydrogen-bond acceptors (Lipinski definition) is 2. The zero-order valence-corrected chi connectivity index (χ0v) is 12.5. The molecule has 0 saturated carbocycles. The summed E-state index contributed by atoms with van der Waals surface area (Å²) in [6.07, 6.45) is -0.863. The molecule has 0 saturated heterocycles. The third-order valence-electron chi connectivity index (χ3n) is 2.83. The van der Waals surface area contributed by atoms with Gasteiger partial charge in [-0.05, 0) is 25.1 Å². The van der Waals surface area contributed by atoms with Crippen LogP contribution in [0.1, 0.15) is 24.1 Å². The molecule has 0 aliphatic rings. The van der Waals surface area contributed by atoms with Crippen molar-refractivity contribution in [3.05, 3.63) is 46.2 Å². The number of anilines is 1. The summed E-state index contributed by atoms with van der Waals surface area (Å²) in [4.78, 5) is 0. The molecule has 20 heavy (non-hydrogen) atoms. The van der Waals surface area contributed by atoms with E-state index in [-0.39, 0.29) is 6.04 Å². The second-order valence-electron chi connectivity index (χ2n) is 4.54. The molecule has 1 aromatic heterocycles. The second-order valence-corrected chi connectivity index (χ2v) is 5.46. The van der Waals surface area contributed by atoms with Crippen molar-refractivity contribution in [3.8, 4) is 0 Å². The normalized spacial score (nSPS) is 13.3.